The van der Waals surface area contributed by atoms with Crippen LogP contribution in [0.1, 0.15) is 55.3 Å². The molecule has 0 aliphatic heterocycles. The maximum Gasteiger partial charge on any atom is 0.488 e. The van der Waals surface area contributed by atoms with Crippen LogP contribution in [0.5, 0.6) is 0 Å². The van der Waals surface area contributed by atoms with Crippen LogP contribution < -0.4 is 10.8 Å². The Kier molecular flexibility index (Phi) is 24.4. The van der Waals surface area contributed by atoms with Crippen molar-refractivity contribution >= 4 is 56.6 Å². The van der Waals surface area contributed by atoms with Crippen molar-refractivity contribution in [2.24, 2.45) is 0 Å². The highest BCUT2D eigenvalue weighted by atomic mass is 31.2. The van der Waals surface area contributed by atoms with E-state index in [9.17, 15) is 38.2 Å². The van der Waals surface area contributed by atoms with Crippen LogP contribution in [0.2, 0.25) is 0 Å². The van der Waals surface area contributed by atoms with Crippen LogP contribution in [-0.2, 0) is 61.3 Å². The number of ketones is 3. The Bertz CT molecular complexity index is 1220. The Morgan fingerprint density at radius 2 is 1.42 bits per heavy atom. The Labute approximate surface area is 289 Å². The van der Waals surface area contributed by atoms with Gasteiger partial charge in [0.1, 0.15) is 26.4 Å². The molecule has 1 aromatic carbocycles. The minimum absolute atomic E-state index is 0.0583. The summed E-state index contributed by atoms with van der Waals surface area (Å²) in [5.41, 5.74) is 0.790. The molecule has 0 fully saturated rings. The number of carbonyl (C=O) groups excluding carboxylic acids is 6. The Hall–Kier alpha value is -3.39. The van der Waals surface area contributed by atoms with Crippen molar-refractivity contribution in [3.05, 3.63) is 29.8 Å². The molecule has 2 atom stereocenters. The highest BCUT2D eigenvalue weighted by molar-refractivity contribution is 7.47. The summed E-state index contributed by atoms with van der Waals surface area (Å²) in [5.74, 6) is -0.893. The predicted molar refractivity (Wildman–Crippen MR) is 173 cm³/mol. The summed E-state index contributed by atoms with van der Waals surface area (Å²) in [7, 11) is -6.12. The Balaban J connectivity index is 1.97. The molecule has 0 aliphatic rings. The third-order valence-corrected chi connectivity index (χ3v) is 7.45. The fourth-order valence-corrected chi connectivity index (χ4v) is 4.67. The molecule has 0 aromatic heterocycles. The number of hydrogen-bond acceptors (Lipinski definition) is 16. The summed E-state index contributed by atoms with van der Waals surface area (Å²) < 4.78 is 45.8. The lowest BCUT2D eigenvalue weighted by Crippen LogP contribution is -2.31. The number of nitrogens with one attached hydrogen (secondary N) is 1. The van der Waals surface area contributed by atoms with Crippen molar-refractivity contribution in [1.82, 2.24) is 5.32 Å². The Morgan fingerprint density at radius 3 is 2.08 bits per heavy atom. The summed E-state index contributed by atoms with van der Waals surface area (Å²) in [6.45, 7) is -1.44. The number of phosphoric ester groups is 1. The summed E-state index contributed by atoms with van der Waals surface area (Å²) in [5, 5.41) is 20.6. The largest absolute Gasteiger partial charge is 0.488 e. The van der Waals surface area contributed by atoms with Gasteiger partial charge in [-0.25, -0.2) is 4.57 Å². The molecule has 0 saturated heterocycles. The maximum atomic E-state index is 12.2. The van der Waals surface area contributed by atoms with Gasteiger partial charge in [0, 0.05) is 38.0 Å². The van der Waals surface area contributed by atoms with Crippen LogP contribution >= 0.6 is 7.82 Å². The summed E-state index contributed by atoms with van der Waals surface area (Å²) in [6, 6.07) is 6.06. The van der Waals surface area contributed by atoms with Gasteiger partial charge in [-0.15, -0.1) is 0 Å². The van der Waals surface area contributed by atoms with Crippen LogP contribution in [-0.4, -0.2) is 130 Å². The number of ether oxygens (including phenoxy) is 5. The number of amides is 1. The van der Waals surface area contributed by atoms with E-state index >= 15 is 0 Å². The zero-order chi connectivity index (χ0) is 37.0. The summed E-state index contributed by atoms with van der Waals surface area (Å²) in [4.78, 5) is 78.1. The Morgan fingerprint density at radius 1 is 0.760 bits per heavy atom. The van der Waals surface area contributed by atoms with Crippen molar-refractivity contribution < 1.29 is 81.0 Å². The van der Waals surface area contributed by atoms with Gasteiger partial charge in [-0.1, -0.05) is 30.7 Å². The van der Waals surface area contributed by atoms with E-state index in [2.05, 4.69) is 23.8 Å². The molecule has 2 unspecified atom stereocenters. The first-order valence-electron chi connectivity index (χ1n) is 15.8. The maximum absolute atomic E-state index is 12.2. The minimum atomic E-state index is -4.53. The van der Waals surface area contributed by atoms with E-state index in [1.54, 1.807) is 12.1 Å². The van der Waals surface area contributed by atoms with E-state index < -0.39 is 33.6 Å². The average Bonchev–Trinajstić information content (AvgIpc) is 3.08. The van der Waals surface area contributed by atoms with Gasteiger partial charge in [0.25, 0.3) is 12.9 Å². The molecular formula is C30H45BNO17P. The minimum Gasteiger partial charge on any atom is -0.464 e. The number of Topliss-reactive ketones (excluding diaryl/α,β-unsaturated/α-hetero) is 3. The lowest BCUT2D eigenvalue weighted by Gasteiger charge is -2.17. The van der Waals surface area contributed by atoms with Gasteiger partial charge >= 0.3 is 14.9 Å². The standard InChI is InChI=1S/C30H45BNO17P/c33-22-46-19-28(47-23-34)20-49-50(41,42)48-14-12-32-30(38)21-44-16-15-43-13-4-6-27(36)18-45-17-26(35)5-2-1-3-7-29(37)24-8-10-25(11-9-24)31(39)40/h8-11,22-23,28,39-40H,1-7,12-21H2,(H,32,38)(H,41,42). The van der Waals surface area contributed by atoms with Crippen molar-refractivity contribution in [2.75, 3.05) is 66.0 Å². The molecule has 0 saturated carbocycles. The van der Waals surface area contributed by atoms with E-state index in [0.29, 0.717) is 43.1 Å². The summed E-state index contributed by atoms with van der Waals surface area (Å²) in [6.07, 6.45) is 1.99. The van der Waals surface area contributed by atoms with Gasteiger partial charge in [0.2, 0.25) is 5.91 Å². The number of rotatable bonds is 33. The molecule has 1 aromatic rings. The molecule has 20 heteroatoms. The van der Waals surface area contributed by atoms with E-state index in [0.717, 1.165) is 0 Å². The molecular weight excluding hydrogens is 688 g/mol. The van der Waals surface area contributed by atoms with Crippen molar-refractivity contribution in [2.45, 2.75) is 51.0 Å². The second-order valence-electron chi connectivity index (χ2n) is 10.5. The topological polar surface area (TPSA) is 257 Å². The lowest BCUT2D eigenvalue weighted by molar-refractivity contribution is -0.144. The molecule has 0 bridgehead atoms. The smallest absolute Gasteiger partial charge is 0.464 e. The van der Waals surface area contributed by atoms with E-state index in [1.807, 2.05) is 0 Å². The van der Waals surface area contributed by atoms with Gasteiger partial charge < -0.3 is 43.9 Å². The van der Waals surface area contributed by atoms with Gasteiger partial charge in [0.15, 0.2) is 23.5 Å². The van der Waals surface area contributed by atoms with Crippen molar-refractivity contribution in [3.63, 3.8) is 0 Å². The van der Waals surface area contributed by atoms with Crippen LogP contribution in [0.15, 0.2) is 24.3 Å². The molecule has 1 amide bonds. The third kappa shape index (κ3) is 23.1. The third-order valence-electron chi connectivity index (χ3n) is 6.47. The SMILES string of the molecule is O=COCC(COP(=O)(O)OCCNC(=O)COCCOCCCC(=O)COCC(=O)CCCCCC(=O)c1ccc(B(O)O)cc1)OC=O. The normalized spacial score (nSPS) is 12.7. The fourth-order valence-electron chi connectivity index (χ4n) is 3.92. The van der Waals surface area contributed by atoms with E-state index in [1.165, 1.54) is 12.1 Å². The van der Waals surface area contributed by atoms with Gasteiger partial charge in [-0.2, -0.15) is 0 Å². The number of unbranched alkanes of at least 4 members (excludes halogenated alkanes) is 2. The molecule has 50 heavy (non-hydrogen) atoms. The van der Waals surface area contributed by atoms with Gasteiger partial charge in [-0.3, -0.25) is 37.8 Å². The van der Waals surface area contributed by atoms with E-state index in [-0.39, 0.29) is 103 Å². The number of phosphoric acid groups is 1. The zero-order valence-electron chi connectivity index (χ0n) is 27.6. The first-order chi connectivity index (χ1) is 24.0. The first-order valence-corrected chi connectivity index (χ1v) is 17.3. The molecule has 0 radical (unpaired) electrons. The van der Waals surface area contributed by atoms with Crippen LogP contribution in [0.4, 0.5) is 0 Å². The number of carbonyl (C=O) groups is 6. The highest BCUT2D eigenvalue weighted by Crippen LogP contribution is 2.43. The fraction of sp³-hybridized carbons (Fsp3) is 0.600. The number of benzene rings is 1. The highest BCUT2D eigenvalue weighted by Gasteiger charge is 2.24. The van der Waals surface area contributed by atoms with E-state index in [4.69, 9.17) is 24.3 Å². The predicted octanol–water partition coefficient (Wildman–Crippen LogP) is -0.568. The average molecular weight is 733 g/mol. The van der Waals surface area contributed by atoms with Gasteiger partial charge in [0.05, 0.1) is 26.4 Å². The van der Waals surface area contributed by atoms with Crippen LogP contribution in [0.3, 0.4) is 0 Å². The second kappa shape index (κ2) is 27.4. The molecule has 0 heterocycles. The van der Waals surface area contributed by atoms with Crippen LogP contribution in [0, 0.1) is 0 Å². The molecule has 18 nitrogen and oxygen atoms in total. The van der Waals surface area contributed by atoms with Crippen LogP contribution in [0.25, 0.3) is 0 Å². The van der Waals surface area contributed by atoms with Crippen molar-refractivity contribution in [1.29, 1.82) is 0 Å². The number of hydrogen-bond donors (Lipinski definition) is 4. The molecule has 4 N–H and O–H groups in total. The molecule has 1 rings (SSSR count). The molecule has 0 aliphatic carbocycles. The van der Waals surface area contributed by atoms with Crippen molar-refractivity contribution in [3.8, 4) is 0 Å². The second-order valence-corrected chi connectivity index (χ2v) is 12.0. The zero-order valence-corrected chi connectivity index (χ0v) is 28.5. The van der Waals surface area contributed by atoms with Gasteiger partial charge in [-0.05, 0) is 24.7 Å². The molecule has 280 valence electrons. The molecule has 0 spiro atoms. The first kappa shape index (κ1) is 44.6. The monoisotopic (exact) mass is 733 g/mol. The lowest BCUT2D eigenvalue weighted by atomic mass is 9.80. The summed E-state index contributed by atoms with van der Waals surface area (Å²) >= 11 is 0. The quantitative estimate of drug-likeness (QED) is 0.0232.